The van der Waals surface area contributed by atoms with Crippen molar-refractivity contribution >= 4 is 0 Å². The third-order valence-corrected chi connectivity index (χ3v) is 3.49. The van der Waals surface area contributed by atoms with Crippen LogP contribution in [0.3, 0.4) is 0 Å². The van der Waals surface area contributed by atoms with Gasteiger partial charge in [-0.05, 0) is 32.4 Å². The average Bonchev–Trinajstić information content (AvgIpc) is 2.70. The lowest BCUT2D eigenvalue weighted by Gasteiger charge is -2.26. The monoisotopic (exact) mass is 237 g/mol. The van der Waals surface area contributed by atoms with Gasteiger partial charge in [-0.3, -0.25) is 9.13 Å². The van der Waals surface area contributed by atoms with Crippen molar-refractivity contribution < 1.29 is 0 Å². The highest BCUT2D eigenvalue weighted by atomic mass is 16.1. The normalized spacial score (nSPS) is 17.5. The van der Waals surface area contributed by atoms with Gasteiger partial charge in [-0.1, -0.05) is 13.3 Å². The van der Waals surface area contributed by atoms with Crippen LogP contribution in [-0.4, -0.2) is 33.7 Å². The Kier molecular flexibility index (Phi) is 4.42. The van der Waals surface area contributed by atoms with Crippen molar-refractivity contribution in [3.63, 3.8) is 0 Å². The molecule has 0 spiro atoms. The summed E-state index contributed by atoms with van der Waals surface area (Å²) in [7, 11) is 0. The smallest absolute Gasteiger partial charge is 0.302 e. The molecule has 1 aliphatic heterocycles. The molecule has 1 aromatic rings. The molecule has 2 rings (SSSR count). The molecule has 96 valence electrons. The van der Waals surface area contributed by atoms with Crippen LogP contribution in [0.5, 0.6) is 0 Å². The number of likely N-dealkylation sites (tertiary alicyclic amines) is 1. The molecule has 1 saturated heterocycles. The summed E-state index contributed by atoms with van der Waals surface area (Å²) in [4.78, 5) is 14.4. The van der Waals surface area contributed by atoms with Gasteiger partial charge in [0, 0.05) is 32.0 Å². The first-order valence-corrected chi connectivity index (χ1v) is 6.79. The summed E-state index contributed by atoms with van der Waals surface area (Å²) in [5.74, 6) is 0. The molecule has 2 heterocycles. The summed E-state index contributed by atoms with van der Waals surface area (Å²) >= 11 is 0. The lowest BCUT2D eigenvalue weighted by Crippen LogP contribution is -2.34. The van der Waals surface area contributed by atoms with Crippen molar-refractivity contribution in [2.75, 3.05) is 19.6 Å². The average molecular weight is 237 g/mol. The standard InChI is InChI=1S/C13H23N3O/c1-2-6-15-11-12-16(13(15)17)10-9-14-7-4-3-5-8-14/h11-12H,2-10H2,1H3. The van der Waals surface area contributed by atoms with Crippen molar-refractivity contribution in [2.24, 2.45) is 0 Å². The summed E-state index contributed by atoms with van der Waals surface area (Å²) in [5, 5.41) is 0. The van der Waals surface area contributed by atoms with Crippen LogP contribution >= 0.6 is 0 Å². The lowest BCUT2D eigenvalue weighted by molar-refractivity contribution is 0.220. The van der Waals surface area contributed by atoms with E-state index in [1.54, 1.807) is 4.57 Å². The molecule has 0 amide bonds. The van der Waals surface area contributed by atoms with E-state index in [4.69, 9.17) is 0 Å². The number of aromatic nitrogens is 2. The Hall–Kier alpha value is -1.03. The first-order valence-electron chi connectivity index (χ1n) is 6.79. The van der Waals surface area contributed by atoms with Gasteiger partial charge in [0.25, 0.3) is 0 Å². The fourth-order valence-electron chi connectivity index (χ4n) is 2.47. The Labute approximate surface area is 103 Å². The maximum Gasteiger partial charge on any atom is 0.328 e. The largest absolute Gasteiger partial charge is 0.328 e. The molecule has 4 heteroatoms. The zero-order valence-electron chi connectivity index (χ0n) is 10.8. The second-order valence-electron chi connectivity index (χ2n) is 4.87. The Bertz CT molecular complexity index is 388. The molecule has 4 nitrogen and oxygen atoms in total. The third-order valence-electron chi connectivity index (χ3n) is 3.49. The number of rotatable bonds is 5. The number of aryl methyl sites for hydroxylation is 1. The zero-order valence-corrected chi connectivity index (χ0v) is 10.8. The second-order valence-corrected chi connectivity index (χ2v) is 4.87. The summed E-state index contributed by atoms with van der Waals surface area (Å²) in [6.07, 6.45) is 8.82. The highest BCUT2D eigenvalue weighted by Gasteiger charge is 2.10. The number of piperidine rings is 1. The molecule has 1 fully saturated rings. The molecule has 1 aromatic heterocycles. The molecule has 0 aliphatic carbocycles. The predicted molar refractivity (Wildman–Crippen MR) is 69.3 cm³/mol. The Morgan fingerprint density at radius 2 is 1.65 bits per heavy atom. The highest BCUT2D eigenvalue weighted by molar-refractivity contribution is 4.82. The molecular formula is C13H23N3O. The van der Waals surface area contributed by atoms with Gasteiger partial charge in [-0.2, -0.15) is 0 Å². The Morgan fingerprint density at radius 1 is 1.00 bits per heavy atom. The van der Waals surface area contributed by atoms with Crippen LogP contribution in [-0.2, 0) is 13.1 Å². The summed E-state index contributed by atoms with van der Waals surface area (Å²) in [6.45, 7) is 7.16. The highest BCUT2D eigenvalue weighted by Crippen LogP contribution is 2.07. The maximum absolute atomic E-state index is 11.9. The second kappa shape index (κ2) is 6.05. The van der Waals surface area contributed by atoms with E-state index in [9.17, 15) is 4.79 Å². The topological polar surface area (TPSA) is 30.2 Å². The minimum Gasteiger partial charge on any atom is -0.302 e. The van der Waals surface area contributed by atoms with Gasteiger partial charge in [0.15, 0.2) is 0 Å². The summed E-state index contributed by atoms with van der Waals surface area (Å²) in [6, 6.07) is 0. The van der Waals surface area contributed by atoms with E-state index in [1.165, 1.54) is 32.4 Å². The van der Waals surface area contributed by atoms with Crippen molar-refractivity contribution in [1.29, 1.82) is 0 Å². The van der Waals surface area contributed by atoms with Gasteiger partial charge in [-0.15, -0.1) is 0 Å². The van der Waals surface area contributed by atoms with Crippen LogP contribution in [0.2, 0.25) is 0 Å². The maximum atomic E-state index is 11.9. The molecule has 0 saturated carbocycles. The SMILES string of the molecule is CCCn1ccn(CCN2CCCCC2)c1=O. The van der Waals surface area contributed by atoms with E-state index >= 15 is 0 Å². The summed E-state index contributed by atoms with van der Waals surface area (Å²) < 4.78 is 3.64. The zero-order chi connectivity index (χ0) is 12.1. The molecule has 0 unspecified atom stereocenters. The molecule has 1 aliphatic rings. The van der Waals surface area contributed by atoms with Crippen LogP contribution in [0.15, 0.2) is 17.2 Å². The van der Waals surface area contributed by atoms with E-state index in [2.05, 4.69) is 11.8 Å². The van der Waals surface area contributed by atoms with Gasteiger partial charge in [0.1, 0.15) is 0 Å². The Balaban J connectivity index is 1.88. The van der Waals surface area contributed by atoms with Crippen LogP contribution in [0.4, 0.5) is 0 Å². The van der Waals surface area contributed by atoms with Gasteiger partial charge < -0.3 is 4.90 Å². The molecule has 0 N–H and O–H groups in total. The fourth-order valence-corrected chi connectivity index (χ4v) is 2.47. The van der Waals surface area contributed by atoms with Crippen molar-refractivity contribution in [2.45, 2.75) is 45.7 Å². The first kappa shape index (κ1) is 12.4. The van der Waals surface area contributed by atoms with Gasteiger partial charge in [-0.25, -0.2) is 4.79 Å². The van der Waals surface area contributed by atoms with Gasteiger partial charge in [0.2, 0.25) is 0 Å². The number of nitrogens with zero attached hydrogens (tertiary/aromatic N) is 3. The molecule has 0 atom stereocenters. The van der Waals surface area contributed by atoms with Gasteiger partial charge in [0.05, 0.1) is 0 Å². The minimum atomic E-state index is 0.142. The molecule has 0 radical (unpaired) electrons. The minimum absolute atomic E-state index is 0.142. The quantitative estimate of drug-likeness (QED) is 0.777. The lowest BCUT2D eigenvalue weighted by atomic mass is 10.1. The molecule has 0 aromatic carbocycles. The van der Waals surface area contributed by atoms with E-state index in [0.717, 1.165) is 26.1 Å². The van der Waals surface area contributed by atoms with Crippen LogP contribution < -0.4 is 5.69 Å². The van der Waals surface area contributed by atoms with Crippen molar-refractivity contribution in [1.82, 2.24) is 14.0 Å². The molecule has 17 heavy (non-hydrogen) atoms. The van der Waals surface area contributed by atoms with Crippen LogP contribution in [0.1, 0.15) is 32.6 Å². The van der Waals surface area contributed by atoms with Crippen LogP contribution in [0, 0.1) is 0 Å². The number of hydrogen-bond donors (Lipinski definition) is 0. The van der Waals surface area contributed by atoms with Gasteiger partial charge >= 0.3 is 5.69 Å². The number of hydrogen-bond acceptors (Lipinski definition) is 2. The first-order chi connectivity index (χ1) is 8.31. The van der Waals surface area contributed by atoms with E-state index in [1.807, 2.05) is 17.0 Å². The van der Waals surface area contributed by atoms with Crippen molar-refractivity contribution in [3.05, 3.63) is 22.9 Å². The van der Waals surface area contributed by atoms with E-state index in [0.29, 0.717) is 0 Å². The van der Waals surface area contributed by atoms with Crippen molar-refractivity contribution in [3.8, 4) is 0 Å². The molecule has 0 bridgehead atoms. The predicted octanol–water partition coefficient (Wildman–Crippen LogP) is 1.55. The summed E-state index contributed by atoms with van der Waals surface area (Å²) in [5.41, 5.74) is 0.142. The Morgan fingerprint density at radius 3 is 2.29 bits per heavy atom. The third kappa shape index (κ3) is 3.22. The van der Waals surface area contributed by atoms with Crippen LogP contribution in [0.25, 0.3) is 0 Å². The van der Waals surface area contributed by atoms with E-state index < -0.39 is 0 Å². The fraction of sp³-hybridized carbons (Fsp3) is 0.769. The van der Waals surface area contributed by atoms with E-state index in [-0.39, 0.29) is 5.69 Å². The number of imidazole rings is 1. The molecular weight excluding hydrogens is 214 g/mol.